The quantitative estimate of drug-likeness (QED) is 0.628. The highest BCUT2D eigenvalue weighted by Gasteiger charge is 2.26. The van der Waals surface area contributed by atoms with Crippen molar-refractivity contribution in [3.05, 3.63) is 0 Å². The summed E-state index contributed by atoms with van der Waals surface area (Å²) < 4.78 is 0. The van der Waals surface area contributed by atoms with Crippen LogP contribution in [0.25, 0.3) is 0 Å². The van der Waals surface area contributed by atoms with Crippen LogP contribution in [0.4, 0.5) is 4.79 Å². The van der Waals surface area contributed by atoms with Crippen molar-refractivity contribution in [2.75, 3.05) is 13.7 Å². The smallest absolute Gasteiger partial charge is 0.320 e. The molecule has 0 radical (unpaired) electrons. The van der Waals surface area contributed by atoms with Crippen molar-refractivity contribution >= 4 is 6.03 Å². The van der Waals surface area contributed by atoms with Crippen LogP contribution in [0.2, 0.25) is 0 Å². The maximum Gasteiger partial charge on any atom is 0.341 e. The third-order valence-corrected chi connectivity index (χ3v) is 2.59. The Morgan fingerprint density at radius 3 is 2.77 bits per heavy atom. The van der Waals surface area contributed by atoms with E-state index in [1.165, 1.54) is 7.11 Å². The number of piperidine rings is 1. The first-order chi connectivity index (χ1) is 6.15. The van der Waals surface area contributed by atoms with Crippen LogP contribution in [-0.2, 0) is 4.84 Å². The van der Waals surface area contributed by atoms with Crippen molar-refractivity contribution in [1.82, 2.24) is 10.4 Å². The lowest BCUT2D eigenvalue weighted by Crippen LogP contribution is -2.48. The minimum atomic E-state index is -0.123. The Morgan fingerprint density at radius 1 is 1.54 bits per heavy atom. The van der Waals surface area contributed by atoms with E-state index in [0.29, 0.717) is 6.04 Å². The molecule has 2 amide bonds. The van der Waals surface area contributed by atoms with E-state index in [9.17, 15) is 4.79 Å². The fourth-order valence-electron chi connectivity index (χ4n) is 1.85. The van der Waals surface area contributed by atoms with Gasteiger partial charge in [0.15, 0.2) is 0 Å². The molecule has 0 aromatic heterocycles. The Labute approximate surface area is 79.2 Å². The van der Waals surface area contributed by atoms with E-state index < -0.39 is 0 Å². The molecular weight excluding hydrogens is 168 g/mol. The normalized spacial score (nSPS) is 28.7. The molecule has 4 heteroatoms. The van der Waals surface area contributed by atoms with Crippen molar-refractivity contribution in [2.45, 2.75) is 32.7 Å². The van der Waals surface area contributed by atoms with E-state index in [1.807, 2.05) is 4.90 Å². The number of amides is 2. The van der Waals surface area contributed by atoms with Gasteiger partial charge < -0.3 is 4.90 Å². The van der Waals surface area contributed by atoms with Gasteiger partial charge >= 0.3 is 6.03 Å². The van der Waals surface area contributed by atoms with Gasteiger partial charge in [0.1, 0.15) is 0 Å². The van der Waals surface area contributed by atoms with Gasteiger partial charge in [0.25, 0.3) is 0 Å². The van der Waals surface area contributed by atoms with E-state index in [1.54, 1.807) is 0 Å². The Morgan fingerprint density at radius 2 is 2.23 bits per heavy atom. The van der Waals surface area contributed by atoms with E-state index in [0.717, 1.165) is 25.3 Å². The maximum absolute atomic E-state index is 11.4. The third kappa shape index (κ3) is 2.59. The molecule has 2 atom stereocenters. The summed E-state index contributed by atoms with van der Waals surface area (Å²) in [5.74, 6) is 0.724. The van der Waals surface area contributed by atoms with Crippen molar-refractivity contribution in [1.29, 1.82) is 0 Å². The molecule has 0 aliphatic carbocycles. The summed E-state index contributed by atoms with van der Waals surface area (Å²) in [6, 6.07) is 0.195. The fraction of sp³-hybridized carbons (Fsp3) is 0.889. The molecule has 1 heterocycles. The van der Waals surface area contributed by atoms with Crippen LogP contribution in [0, 0.1) is 5.92 Å². The highest BCUT2D eigenvalue weighted by Crippen LogP contribution is 2.21. The Bertz CT molecular complexity index is 184. The fourth-order valence-corrected chi connectivity index (χ4v) is 1.85. The number of carbonyl (C=O) groups is 1. The molecule has 0 aromatic rings. The largest absolute Gasteiger partial charge is 0.341 e. The van der Waals surface area contributed by atoms with Crippen LogP contribution in [0.15, 0.2) is 0 Å². The molecule has 76 valence electrons. The van der Waals surface area contributed by atoms with Gasteiger partial charge in [-0.15, -0.1) is 0 Å². The van der Waals surface area contributed by atoms with E-state index >= 15 is 0 Å². The van der Waals surface area contributed by atoms with Crippen LogP contribution < -0.4 is 5.48 Å². The monoisotopic (exact) mass is 186 g/mol. The summed E-state index contributed by atoms with van der Waals surface area (Å²) in [4.78, 5) is 17.8. The van der Waals surface area contributed by atoms with E-state index in [-0.39, 0.29) is 6.03 Å². The van der Waals surface area contributed by atoms with Crippen molar-refractivity contribution in [2.24, 2.45) is 5.92 Å². The van der Waals surface area contributed by atoms with Gasteiger partial charge in [0, 0.05) is 12.6 Å². The highest BCUT2D eigenvalue weighted by atomic mass is 16.6. The number of nitrogens with zero attached hydrogens (tertiary/aromatic N) is 1. The van der Waals surface area contributed by atoms with Crippen LogP contribution in [0.5, 0.6) is 0 Å². The van der Waals surface area contributed by atoms with Gasteiger partial charge in [-0.25, -0.2) is 10.3 Å². The molecule has 0 aromatic carbocycles. The molecule has 1 aliphatic heterocycles. The van der Waals surface area contributed by atoms with Crippen molar-refractivity contribution < 1.29 is 9.63 Å². The molecule has 0 bridgehead atoms. The van der Waals surface area contributed by atoms with Gasteiger partial charge in [-0.2, -0.15) is 0 Å². The molecule has 1 fully saturated rings. The third-order valence-electron chi connectivity index (χ3n) is 2.59. The van der Waals surface area contributed by atoms with Gasteiger partial charge in [0.05, 0.1) is 7.11 Å². The SMILES string of the molecule is CONC(=O)N1CC[C@H](C)C[C@@H]1C. The van der Waals surface area contributed by atoms with Crippen LogP contribution in [0.1, 0.15) is 26.7 Å². The predicted octanol–water partition coefficient (Wildman–Crippen LogP) is 1.38. The second-order valence-electron chi connectivity index (χ2n) is 3.78. The van der Waals surface area contributed by atoms with Crippen molar-refractivity contribution in [3.63, 3.8) is 0 Å². The van der Waals surface area contributed by atoms with Crippen LogP contribution in [-0.4, -0.2) is 30.6 Å². The number of rotatable bonds is 1. The highest BCUT2D eigenvalue weighted by molar-refractivity contribution is 5.73. The lowest BCUT2D eigenvalue weighted by atomic mass is 9.94. The Balaban J connectivity index is 2.45. The predicted molar refractivity (Wildman–Crippen MR) is 50.1 cm³/mol. The molecule has 1 rings (SSSR count). The standard InChI is InChI=1S/C9H18N2O2/c1-7-4-5-11(8(2)6-7)9(12)10-13-3/h7-8H,4-6H2,1-3H3,(H,10,12)/t7-,8-/m0/s1. The molecule has 1 aliphatic rings. The summed E-state index contributed by atoms with van der Waals surface area (Å²) in [6.07, 6.45) is 2.17. The topological polar surface area (TPSA) is 41.6 Å². The Kier molecular flexibility index (Phi) is 3.54. The molecule has 4 nitrogen and oxygen atoms in total. The number of carbonyl (C=O) groups excluding carboxylic acids is 1. The minimum absolute atomic E-state index is 0.123. The number of nitrogens with one attached hydrogen (secondary N) is 1. The van der Waals surface area contributed by atoms with Gasteiger partial charge in [-0.1, -0.05) is 6.92 Å². The van der Waals surface area contributed by atoms with Gasteiger partial charge in [-0.3, -0.25) is 4.84 Å². The average molecular weight is 186 g/mol. The number of hydrogen-bond acceptors (Lipinski definition) is 2. The zero-order valence-corrected chi connectivity index (χ0v) is 8.54. The zero-order valence-electron chi connectivity index (χ0n) is 8.54. The van der Waals surface area contributed by atoms with Crippen LogP contribution in [0.3, 0.4) is 0 Å². The summed E-state index contributed by atoms with van der Waals surface area (Å²) >= 11 is 0. The zero-order chi connectivity index (χ0) is 9.84. The first kappa shape index (κ1) is 10.3. The first-order valence-electron chi connectivity index (χ1n) is 4.74. The molecule has 0 saturated carbocycles. The molecule has 0 unspecified atom stereocenters. The molecule has 1 N–H and O–H groups in total. The lowest BCUT2D eigenvalue weighted by molar-refractivity contribution is 0.0672. The number of likely N-dealkylation sites (tertiary alicyclic amines) is 1. The lowest BCUT2D eigenvalue weighted by Gasteiger charge is -2.35. The van der Waals surface area contributed by atoms with Crippen LogP contribution >= 0.6 is 0 Å². The summed E-state index contributed by atoms with van der Waals surface area (Å²) in [6.45, 7) is 5.13. The summed E-state index contributed by atoms with van der Waals surface area (Å²) in [5.41, 5.74) is 2.35. The van der Waals surface area contributed by atoms with Gasteiger partial charge in [0.2, 0.25) is 0 Å². The molecule has 0 spiro atoms. The number of hydroxylamine groups is 1. The Hall–Kier alpha value is -0.770. The van der Waals surface area contributed by atoms with E-state index in [4.69, 9.17) is 0 Å². The summed E-state index contributed by atoms with van der Waals surface area (Å²) in [7, 11) is 1.45. The van der Waals surface area contributed by atoms with Gasteiger partial charge in [-0.05, 0) is 25.7 Å². The maximum atomic E-state index is 11.4. The minimum Gasteiger partial charge on any atom is -0.320 e. The average Bonchev–Trinajstić information content (AvgIpc) is 2.04. The molecule has 1 saturated heterocycles. The van der Waals surface area contributed by atoms with Crippen molar-refractivity contribution in [3.8, 4) is 0 Å². The summed E-state index contributed by atoms with van der Waals surface area (Å²) in [5, 5.41) is 0. The first-order valence-corrected chi connectivity index (χ1v) is 4.74. The number of urea groups is 1. The second kappa shape index (κ2) is 4.46. The van der Waals surface area contributed by atoms with E-state index in [2.05, 4.69) is 24.2 Å². The molecule has 13 heavy (non-hydrogen) atoms. The second-order valence-corrected chi connectivity index (χ2v) is 3.78. The number of hydrogen-bond donors (Lipinski definition) is 1. The molecular formula is C9H18N2O2.